The molecule has 0 saturated carbocycles. The summed E-state index contributed by atoms with van der Waals surface area (Å²) >= 11 is 5.72. The Bertz CT molecular complexity index is 5220. The van der Waals surface area contributed by atoms with E-state index in [2.05, 4.69) is 51.2 Å². The number of amides is 4. The molecule has 10 aromatic rings. The van der Waals surface area contributed by atoms with Gasteiger partial charge in [-0.3, -0.25) is 24.0 Å². The number of aromatic amines is 2. The van der Waals surface area contributed by atoms with Gasteiger partial charge in [0.15, 0.2) is 11.5 Å². The first kappa shape index (κ1) is 93.4. The van der Waals surface area contributed by atoms with Gasteiger partial charge in [0.25, 0.3) is 0 Å². The maximum absolute atomic E-state index is 14.5. The van der Waals surface area contributed by atoms with Gasteiger partial charge < -0.3 is 50.2 Å². The number of H-pyrrole nitrogens is 2. The summed E-state index contributed by atoms with van der Waals surface area (Å²) in [6.45, 7) is 1.78. The fraction of sp³-hybridized carbons (Fsp3) is 0.372. The van der Waals surface area contributed by atoms with Crippen LogP contribution in [0.5, 0.6) is 0 Å². The van der Waals surface area contributed by atoms with Crippen molar-refractivity contribution in [1.29, 1.82) is 0 Å². The number of carboxylic acid groups (broad SMARTS) is 2. The molecule has 4 fully saturated rings. The van der Waals surface area contributed by atoms with Crippen molar-refractivity contribution >= 4 is 80.9 Å². The second-order valence-electron chi connectivity index (χ2n) is 29.4. The van der Waals surface area contributed by atoms with Crippen molar-refractivity contribution in [3.05, 3.63) is 269 Å². The number of nitrogens with one attached hydrogen (secondary N) is 2. The highest BCUT2D eigenvalue weighted by molar-refractivity contribution is 7.15. The highest BCUT2D eigenvalue weighted by Crippen LogP contribution is 2.38. The topological polar surface area (TPSA) is 371 Å². The molecular formula is C86H90F8N14O12S4. The van der Waals surface area contributed by atoms with Crippen LogP contribution >= 0.6 is 45.3 Å². The largest absolute Gasteiger partial charge is 0.481 e. The normalized spacial score (nSPS) is 18.2. The van der Waals surface area contributed by atoms with Crippen LogP contribution in [0.4, 0.5) is 35.1 Å². The Kier molecular flexibility index (Phi) is 33.1. The first-order valence-corrected chi connectivity index (χ1v) is 43.1. The first-order valence-electron chi connectivity index (χ1n) is 39.8. The standard InChI is InChI=1S/C22H23F2N5O2S.C22H23F2NO4S.C21H22F2N6O2S.C21H22F2N2O4S/c23-22(24,15-4-2-1-3-5-15)19(30)10-6-16-7-11-21(31)29(16)13-12-17-8-9-18(32-17)14-20-25-27-28-26-20;23-22(24,15-4-2-1-3-5-15)19(26)10-6-16-7-11-20(27)25(16)13-12-17-8-9-18(30-17)14-21(28)29;22-21(23,14-5-2-1-3-6-14)17(30)10-8-15-9-11-19(31)29(15)12-4-7-18-24-13-16(32-18)20-25-27-28-26-20;22-21(23,14-5-2-1-3-6-14)17(26)10-8-15-9-11-19(27)25(15)12-4-7-18-24-16(13-30-18)20(28)29/h1-6,8-10,16,19,30H,7,11-14H2,(H,25,26,27,28);1-6,8-10,16,19,26H,7,11-14H2,(H,28,29);1-3,5-6,8,10,13,15,17,30H,4,7,9,11-12H2,(H,25,26,27,28);1-3,5-6,8,10,13,15,17,26H,4,7,9,11-12H2,(H,28,29)/b2*10-6+;2*10-8+/t2*16-,19?;2*15-,17?/m0000/s1. The number of aliphatic carboxylic acids is 1. The Morgan fingerprint density at radius 1 is 0.452 bits per heavy atom. The zero-order valence-electron chi connectivity index (χ0n) is 66.5. The summed E-state index contributed by atoms with van der Waals surface area (Å²) in [5.41, 5.74) is -1.03. The number of aliphatic hydroxyl groups is 4. The lowest BCUT2D eigenvalue weighted by Gasteiger charge is -2.24. The van der Waals surface area contributed by atoms with Gasteiger partial charge in [-0.2, -0.15) is 45.6 Å². The van der Waals surface area contributed by atoms with E-state index in [9.17, 15) is 84.3 Å². The molecule has 4 aliphatic heterocycles. The number of rotatable bonds is 36. The summed E-state index contributed by atoms with van der Waals surface area (Å²) in [4.78, 5) is 90.4. The van der Waals surface area contributed by atoms with Crippen LogP contribution in [0.3, 0.4) is 0 Å². The van der Waals surface area contributed by atoms with E-state index >= 15 is 0 Å². The molecule has 0 bridgehead atoms. The number of aliphatic hydroxyl groups excluding tert-OH is 4. The summed E-state index contributed by atoms with van der Waals surface area (Å²) < 4.78 is 116. The number of benzene rings is 4. The molecule has 6 aromatic heterocycles. The smallest absolute Gasteiger partial charge is 0.355 e. The van der Waals surface area contributed by atoms with Gasteiger partial charge in [0.05, 0.1) is 45.5 Å². The molecule has 656 valence electrons. The van der Waals surface area contributed by atoms with Crippen LogP contribution in [-0.2, 0) is 86.2 Å². The van der Waals surface area contributed by atoms with Gasteiger partial charge in [0.2, 0.25) is 29.5 Å². The number of nitrogens with zero attached hydrogens (tertiary/aromatic N) is 12. The van der Waals surface area contributed by atoms with Crippen molar-refractivity contribution in [2.24, 2.45) is 0 Å². The van der Waals surface area contributed by atoms with Crippen LogP contribution in [0.25, 0.3) is 10.7 Å². The fourth-order valence-corrected chi connectivity index (χ4v) is 17.9. The molecule has 38 heteroatoms. The van der Waals surface area contributed by atoms with Gasteiger partial charge >= 0.3 is 35.6 Å². The van der Waals surface area contributed by atoms with Gasteiger partial charge in [0.1, 0.15) is 24.4 Å². The van der Waals surface area contributed by atoms with E-state index in [4.69, 9.17) is 10.2 Å². The molecule has 4 amide bonds. The van der Waals surface area contributed by atoms with E-state index in [1.807, 2.05) is 18.2 Å². The first-order chi connectivity index (χ1) is 59.4. The van der Waals surface area contributed by atoms with E-state index in [0.29, 0.717) is 139 Å². The van der Waals surface area contributed by atoms with Gasteiger partial charge in [-0.25, -0.2) is 14.8 Å². The van der Waals surface area contributed by atoms with Crippen molar-refractivity contribution in [2.45, 2.75) is 175 Å². The van der Waals surface area contributed by atoms with E-state index in [1.165, 1.54) is 161 Å². The number of aromatic carboxylic acids is 1. The summed E-state index contributed by atoms with van der Waals surface area (Å²) in [6, 6.07) is 35.0. The minimum Gasteiger partial charge on any atom is -0.481 e. The number of alkyl halides is 8. The molecule has 4 aromatic carbocycles. The molecule has 4 aliphatic rings. The molecule has 4 saturated heterocycles. The second-order valence-corrected chi connectivity index (χ2v) is 33.9. The average molecular weight is 1790 g/mol. The average Bonchev–Trinajstić information content (AvgIpc) is 1.13. The van der Waals surface area contributed by atoms with Crippen LogP contribution in [0.15, 0.2) is 206 Å². The fourth-order valence-electron chi connectivity index (χ4n) is 14.2. The van der Waals surface area contributed by atoms with Crippen molar-refractivity contribution in [3.63, 3.8) is 0 Å². The molecule has 0 radical (unpaired) electrons. The third-order valence-corrected chi connectivity index (χ3v) is 25.1. The number of thiazole rings is 2. The molecular weight excluding hydrogens is 1700 g/mol. The monoisotopic (exact) mass is 1790 g/mol. The minimum atomic E-state index is -3.43. The maximum atomic E-state index is 14.5. The third-order valence-electron chi connectivity index (χ3n) is 20.8. The Morgan fingerprint density at radius 2 is 0.815 bits per heavy atom. The van der Waals surface area contributed by atoms with Crippen molar-refractivity contribution in [1.82, 2.24) is 70.8 Å². The number of hydrogen-bond acceptors (Lipinski definition) is 22. The second kappa shape index (κ2) is 43.9. The minimum absolute atomic E-state index is 0.00129. The predicted octanol–water partition coefficient (Wildman–Crippen LogP) is 13.1. The maximum Gasteiger partial charge on any atom is 0.355 e. The van der Waals surface area contributed by atoms with Crippen LogP contribution in [-0.4, -0.2) is 212 Å². The summed E-state index contributed by atoms with van der Waals surface area (Å²) in [6.07, 6.45) is 11.8. The van der Waals surface area contributed by atoms with Gasteiger partial charge in [-0.15, -0.1) is 65.7 Å². The van der Waals surface area contributed by atoms with Crippen LogP contribution in [0.1, 0.15) is 132 Å². The molecule has 0 spiro atoms. The highest BCUT2D eigenvalue weighted by atomic mass is 32.1. The number of aromatic nitrogens is 10. The molecule has 8 atom stereocenters. The van der Waals surface area contributed by atoms with Gasteiger partial charge in [-0.1, -0.05) is 175 Å². The molecule has 0 aliphatic carbocycles. The van der Waals surface area contributed by atoms with Crippen molar-refractivity contribution in [3.8, 4) is 10.7 Å². The number of thiophene rings is 2. The Balaban J connectivity index is 0.000000161. The number of likely N-dealkylation sites (tertiary alicyclic amines) is 4. The summed E-state index contributed by atoms with van der Waals surface area (Å²) in [5, 5.41) is 88.7. The van der Waals surface area contributed by atoms with E-state index in [1.54, 1.807) is 67.5 Å². The number of tetrazole rings is 2. The Morgan fingerprint density at radius 3 is 1.18 bits per heavy atom. The lowest BCUT2D eigenvalue weighted by Crippen LogP contribution is -2.34. The van der Waals surface area contributed by atoms with Gasteiger partial charge in [0, 0.05) is 124 Å². The quantitative estimate of drug-likeness (QED) is 0.0134. The lowest BCUT2D eigenvalue weighted by atomic mass is 10.0. The number of carbonyl (C=O) groups is 6. The number of carbonyl (C=O) groups excluding carboxylic acids is 4. The van der Waals surface area contributed by atoms with Gasteiger partial charge in [-0.05, 0) is 80.8 Å². The van der Waals surface area contributed by atoms with Crippen molar-refractivity contribution in [2.75, 3.05) is 26.2 Å². The number of hydrogen-bond donors (Lipinski definition) is 8. The van der Waals surface area contributed by atoms with E-state index in [0.717, 1.165) is 53.7 Å². The van der Waals surface area contributed by atoms with Crippen LogP contribution < -0.4 is 0 Å². The Labute approximate surface area is 723 Å². The number of aryl methyl sites for hydroxylation is 2. The van der Waals surface area contributed by atoms with Crippen LogP contribution in [0.2, 0.25) is 0 Å². The van der Waals surface area contributed by atoms with E-state index < -0.39 is 60.0 Å². The molecule has 4 unspecified atom stereocenters. The SMILES string of the molecule is O=C(O)Cc1ccc(CCN2C(=O)CC[C@@H]2/C=C/C(O)C(F)(F)c2ccccc2)s1.O=C(O)c1csc(CCCN2C(=O)CC[C@@H]2/C=C/C(O)C(F)(F)c2ccccc2)n1.O=C1CC[C@H](/C=C/C(O)C(F)(F)c2ccccc2)N1CCCc1ncc(-c2nn[nH]n2)s1.O=C1CC[C@H](/C=C/C(O)C(F)(F)c2ccccc2)N1CCc1ccc(Cc2nn[nH]n2)s1. The number of carboxylic acids is 2. The zero-order chi connectivity index (χ0) is 88.6. The highest BCUT2D eigenvalue weighted by Gasteiger charge is 2.44. The molecule has 10 heterocycles. The van der Waals surface area contributed by atoms with E-state index in [-0.39, 0.29) is 82.2 Å². The molecule has 14 rings (SSSR count). The Hall–Kier alpha value is -11.3. The summed E-state index contributed by atoms with van der Waals surface area (Å²) in [7, 11) is 0. The molecule has 26 nitrogen and oxygen atoms in total. The predicted molar refractivity (Wildman–Crippen MR) is 446 cm³/mol. The molecule has 124 heavy (non-hydrogen) atoms. The molecule has 8 N–H and O–H groups in total. The summed E-state index contributed by atoms with van der Waals surface area (Å²) in [5.74, 6) is -14.7. The number of halogens is 8. The van der Waals surface area contributed by atoms with Crippen molar-refractivity contribution < 1.29 is 94.5 Å². The van der Waals surface area contributed by atoms with Crippen LogP contribution in [0, 0.1) is 0 Å². The third kappa shape index (κ3) is 25.5. The zero-order valence-corrected chi connectivity index (χ0v) is 69.8. The lowest BCUT2D eigenvalue weighted by molar-refractivity contribution is -0.136.